The fraction of sp³-hybridized carbons (Fsp3) is 0.704. The van der Waals surface area contributed by atoms with Crippen molar-refractivity contribution in [2.45, 2.75) is 68.9 Å². The highest BCUT2D eigenvalue weighted by molar-refractivity contribution is 7.70. The van der Waals surface area contributed by atoms with Crippen LogP contribution in [0.2, 0.25) is 0 Å². The molecule has 0 aliphatic carbocycles. The van der Waals surface area contributed by atoms with Gasteiger partial charge >= 0.3 is 5.97 Å². The molecule has 0 saturated carbocycles. The summed E-state index contributed by atoms with van der Waals surface area (Å²) in [7, 11) is -2.62. The van der Waals surface area contributed by atoms with Gasteiger partial charge in [-0.3, -0.25) is 9.36 Å². The Balaban J connectivity index is 1.25. The zero-order valence-corrected chi connectivity index (χ0v) is 27.8. The standard InChI is InChI=1S/C27H45N11O10S/c28-17(1-2-19(29)27(40)41)13-20-22(39)23(26(48-20)37-16-33-21-24(30)31-15-32-25(21)37)47-6-3-18-14-34-36-38(18)5-8-45-10-12-46-11-9-44-7-4-35-49(42)43/h14-17,19-20,22-23,26,39,49H,1-13,28-29H2,(H,40,41)(H2,30,31,32)(H,35,42,43)/t17-,19-,20+,22+,23+,26+/m0/s1. The van der Waals surface area contributed by atoms with Crippen LogP contribution in [0.25, 0.3) is 11.2 Å². The second kappa shape index (κ2) is 19.7. The summed E-state index contributed by atoms with van der Waals surface area (Å²) in [6.07, 6.45) is 2.10. The summed E-state index contributed by atoms with van der Waals surface area (Å²) in [6, 6.07) is -1.52. The molecule has 1 saturated heterocycles. The maximum absolute atomic E-state index is 11.4. The summed E-state index contributed by atoms with van der Waals surface area (Å²) in [5.74, 6) is -0.913. The largest absolute Gasteiger partial charge is 0.480 e. The summed E-state index contributed by atoms with van der Waals surface area (Å²) in [4.78, 5) is 23.7. The Morgan fingerprint density at radius 1 is 1.04 bits per heavy atom. The van der Waals surface area contributed by atoms with Crippen LogP contribution in [0.15, 0.2) is 18.9 Å². The number of thiol groups is 1. The molecule has 0 aromatic carbocycles. The average molecular weight is 716 g/mol. The molecule has 49 heavy (non-hydrogen) atoms. The zero-order chi connectivity index (χ0) is 35.2. The predicted octanol–water partition coefficient (Wildman–Crippen LogP) is -3.04. The molecule has 0 amide bonds. The van der Waals surface area contributed by atoms with Crippen LogP contribution < -0.4 is 21.9 Å². The molecule has 1 fully saturated rings. The molecule has 0 unspecified atom stereocenters. The van der Waals surface area contributed by atoms with Gasteiger partial charge in [0.1, 0.15) is 30.1 Å². The highest BCUT2D eigenvalue weighted by Gasteiger charge is 2.46. The van der Waals surface area contributed by atoms with Crippen LogP contribution in [0, 0.1) is 0 Å². The number of imidazole rings is 1. The number of carboxylic acids is 1. The number of anilines is 1. The normalized spacial score (nSPS) is 20.7. The first-order chi connectivity index (χ1) is 23.7. The molecule has 0 bridgehead atoms. The minimum atomic E-state index is -2.62. The maximum atomic E-state index is 11.4. The lowest BCUT2D eigenvalue weighted by molar-refractivity contribution is -0.138. The van der Waals surface area contributed by atoms with Gasteiger partial charge in [-0.1, -0.05) is 5.21 Å². The molecular weight excluding hydrogens is 670 g/mol. The Bertz CT molecular complexity index is 1520. The van der Waals surface area contributed by atoms with Crippen molar-refractivity contribution >= 4 is 33.8 Å². The fourth-order valence-corrected chi connectivity index (χ4v) is 5.44. The van der Waals surface area contributed by atoms with Crippen molar-refractivity contribution in [3.8, 4) is 0 Å². The van der Waals surface area contributed by atoms with Crippen LogP contribution in [-0.2, 0) is 52.3 Å². The third kappa shape index (κ3) is 11.6. The van der Waals surface area contributed by atoms with Crippen LogP contribution in [0.5, 0.6) is 0 Å². The number of carbonyl (C=O) groups is 1. The number of rotatable bonds is 24. The quantitative estimate of drug-likeness (QED) is 0.0358. The zero-order valence-electron chi connectivity index (χ0n) is 26.9. The molecule has 274 valence electrons. The minimum Gasteiger partial charge on any atom is -0.480 e. The highest BCUT2D eigenvalue weighted by atomic mass is 32.2. The van der Waals surface area contributed by atoms with Gasteiger partial charge in [-0.25, -0.2) is 32.8 Å². The lowest BCUT2D eigenvalue weighted by Crippen LogP contribution is -2.38. The molecular formula is C27H45N11O10S. The van der Waals surface area contributed by atoms with Gasteiger partial charge in [0.25, 0.3) is 0 Å². The van der Waals surface area contributed by atoms with Crippen molar-refractivity contribution < 1.29 is 47.1 Å². The van der Waals surface area contributed by atoms with Crippen LogP contribution in [-0.4, -0.2) is 142 Å². The number of nitrogens with zero attached hydrogens (tertiary/aromatic N) is 7. The molecule has 22 heteroatoms. The summed E-state index contributed by atoms with van der Waals surface area (Å²) in [5, 5.41) is 28.6. The Labute approximate surface area is 283 Å². The van der Waals surface area contributed by atoms with Gasteiger partial charge in [0.15, 0.2) is 17.7 Å². The smallest absolute Gasteiger partial charge is 0.320 e. The van der Waals surface area contributed by atoms with Crippen molar-refractivity contribution in [1.29, 1.82) is 0 Å². The number of nitrogens with two attached hydrogens (primary N) is 3. The van der Waals surface area contributed by atoms with Gasteiger partial charge in [-0.05, 0) is 19.3 Å². The van der Waals surface area contributed by atoms with E-state index in [2.05, 4.69) is 30.0 Å². The van der Waals surface area contributed by atoms with Gasteiger partial charge in [0.2, 0.25) is 10.9 Å². The molecule has 21 nitrogen and oxygen atoms in total. The molecule has 0 radical (unpaired) electrons. The van der Waals surface area contributed by atoms with Crippen molar-refractivity contribution in [3.63, 3.8) is 0 Å². The predicted molar refractivity (Wildman–Crippen MR) is 171 cm³/mol. The number of nitrogens with one attached hydrogen (secondary N) is 1. The molecule has 1 aliphatic rings. The van der Waals surface area contributed by atoms with Crippen molar-refractivity contribution in [1.82, 2.24) is 39.2 Å². The first-order valence-electron chi connectivity index (χ1n) is 15.8. The minimum absolute atomic E-state index is 0.178. The molecule has 0 spiro atoms. The second-order valence-electron chi connectivity index (χ2n) is 11.2. The number of hydrogen-bond acceptors (Lipinski definition) is 17. The maximum Gasteiger partial charge on any atom is 0.320 e. The number of aromatic nitrogens is 7. The Morgan fingerprint density at radius 3 is 2.51 bits per heavy atom. The van der Waals surface area contributed by atoms with Gasteiger partial charge < -0.3 is 51.1 Å². The van der Waals surface area contributed by atoms with E-state index in [1.165, 1.54) is 12.7 Å². The number of fused-ring (bicyclic) bond motifs is 1. The lowest BCUT2D eigenvalue weighted by Gasteiger charge is -2.22. The molecule has 6 atom stereocenters. The summed E-state index contributed by atoms with van der Waals surface area (Å²) < 4.78 is 55.2. The van der Waals surface area contributed by atoms with Gasteiger partial charge in [0.05, 0.1) is 77.1 Å². The number of aliphatic carboxylic acids is 1. The fourth-order valence-electron chi connectivity index (χ4n) is 5.17. The second-order valence-corrected chi connectivity index (χ2v) is 12.0. The van der Waals surface area contributed by atoms with E-state index < -0.39 is 53.5 Å². The SMILES string of the molecule is Nc1ncnc2c1ncn2[C@@H]1O[C@H](C[C@@H](N)CC[C@H](N)C(=O)O)[C@@H](O)[C@H]1OCCc1cnnn1CCOCCOCCOCCN[SH](=O)=O. The van der Waals surface area contributed by atoms with Crippen molar-refractivity contribution in [3.05, 3.63) is 24.5 Å². The molecule has 4 heterocycles. The van der Waals surface area contributed by atoms with E-state index in [9.17, 15) is 18.3 Å². The number of hydrogen-bond donors (Lipinski definition) is 7. The first kappa shape index (κ1) is 38.4. The number of ether oxygens (including phenoxy) is 5. The number of nitrogen functional groups attached to an aromatic ring is 1. The third-order valence-corrected chi connectivity index (χ3v) is 8.20. The first-order valence-corrected chi connectivity index (χ1v) is 16.9. The number of aliphatic hydroxyl groups is 1. The van der Waals surface area contributed by atoms with Crippen molar-refractivity contribution in [2.75, 3.05) is 58.5 Å². The molecule has 3 aromatic rings. The van der Waals surface area contributed by atoms with Crippen molar-refractivity contribution in [2.24, 2.45) is 11.5 Å². The van der Waals surface area contributed by atoms with Crippen LogP contribution in [0.3, 0.4) is 0 Å². The summed E-state index contributed by atoms with van der Waals surface area (Å²) >= 11 is 0. The molecule has 9 N–H and O–H groups in total. The average Bonchev–Trinajstić information content (AvgIpc) is 3.78. The van der Waals surface area contributed by atoms with Gasteiger partial charge in [0, 0.05) is 19.0 Å². The Morgan fingerprint density at radius 2 is 1.78 bits per heavy atom. The molecule has 4 rings (SSSR count). The van der Waals surface area contributed by atoms with Crippen LogP contribution in [0.4, 0.5) is 5.82 Å². The van der Waals surface area contributed by atoms with Crippen LogP contribution >= 0.6 is 0 Å². The van der Waals surface area contributed by atoms with E-state index in [0.29, 0.717) is 63.6 Å². The lowest BCUT2D eigenvalue weighted by atomic mass is 9.98. The molecule has 1 aliphatic heterocycles. The topological polar surface area (TPSA) is 302 Å². The third-order valence-electron chi connectivity index (χ3n) is 7.72. The van der Waals surface area contributed by atoms with E-state index in [4.69, 9.17) is 46.0 Å². The van der Waals surface area contributed by atoms with Gasteiger partial charge in [-0.2, -0.15) is 0 Å². The number of carboxylic acid groups (broad SMARTS) is 1. The summed E-state index contributed by atoms with van der Waals surface area (Å²) in [6.45, 7) is 2.91. The Hall–Kier alpha value is -3.45. The van der Waals surface area contributed by atoms with Crippen LogP contribution in [0.1, 0.15) is 31.2 Å². The van der Waals surface area contributed by atoms with E-state index in [0.717, 1.165) is 5.69 Å². The van der Waals surface area contributed by atoms with E-state index >= 15 is 0 Å². The van der Waals surface area contributed by atoms with E-state index in [-0.39, 0.29) is 38.4 Å². The molecule has 3 aromatic heterocycles. The summed E-state index contributed by atoms with van der Waals surface area (Å²) in [5.41, 5.74) is 19.5. The van der Waals surface area contributed by atoms with Gasteiger partial charge in [-0.15, -0.1) is 5.10 Å². The van der Waals surface area contributed by atoms with E-state index in [1.54, 1.807) is 15.4 Å². The Kier molecular flexibility index (Phi) is 15.4. The highest BCUT2D eigenvalue weighted by Crippen LogP contribution is 2.36. The monoisotopic (exact) mass is 715 g/mol. The van der Waals surface area contributed by atoms with E-state index in [1.807, 2.05) is 0 Å². The number of aliphatic hydroxyl groups excluding tert-OH is 1.